The lowest BCUT2D eigenvalue weighted by Crippen LogP contribution is -1.90. The molecule has 0 amide bonds. The van der Waals surface area contributed by atoms with Crippen LogP contribution in [-0.4, -0.2) is 12.1 Å². The van der Waals surface area contributed by atoms with Crippen molar-refractivity contribution < 1.29 is 4.74 Å². The van der Waals surface area contributed by atoms with E-state index in [2.05, 4.69) is 11.1 Å². The highest BCUT2D eigenvalue weighted by atomic mass is 16.5. The second kappa shape index (κ2) is 7.26. The number of methoxy groups -OCH3 is 1. The average Bonchev–Trinajstić information content (AvgIpc) is 2.66. The Morgan fingerprint density at radius 3 is 2.54 bits per heavy atom. The van der Waals surface area contributed by atoms with Crippen molar-refractivity contribution in [3.05, 3.63) is 83.6 Å². The molecule has 0 N–H and O–H groups in total. The van der Waals surface area contributed by atoms with Gasteiger partial charge in [-0.1, -0.05) is 36.4 Å². The predicted molar refractivity (Wildman–Crippen MR) is 96.3 cm³/mol. The van der Waals surface area contributed by atoms with Gasteiger partial charge in [0.05, 0.1) is 24.4 Å². The summed E-state index contributed by atoms with van der Waals surface area (Å²) < 4.78 is 5.41. The zero-order valence-electron chi connectivity index (χ0n) is 13.3. The average molecular weight is 312 g/mol. The first-order chi connectivity index (χ1) is 11.8. The van der Waals surface area contributed by atoms with Gasteiger partial charge in [0.2, 0.25) is 0 Å². The van der Waals surface area contributed by atoms with Gasteiger partial charge in [-0.3, -0.25) is 4.98 Å². The number of nitriles is 1. The Hall–Kier alpha value is -3.38. The highest BCUT2D eigenvalue weighted by molar-refractivity contribution is 5.74. The topological polar surface area (TPSA) is 45.9 Å². The lowest BCUT2D eigenvalue weighted by molar-refractivity contribution is 0.416. The third-order valence-corrected chi connectivity index (χ3v) is 3.65. The second-order valence-corrected chi connectivity index (χ2v) is 5.25. The molecule has 0 aliphatic rings. The maximum Gasteiger partial charge on any atom is 0.128 e. The Balaban J connectivity index is 1.91. The van der Waals surface area contributed by atoms with Crippen molar-refractivity contribution in [1.29, 1.82) is 5.26 Å². The van der Waals surface area contributed by atoms with E-state index in [0.29, 0.717) is 5.56 Å². The molecule has 3 aromatic rings. The van der Waals surface area contributed by atoms with Crippen molar-refractivity contribution in [1.82, 2.24) is 4.98 Å². The molecule has 1 heterocycles. The van der Waals surface area contributed by atoms with Gasteiger partial charge in [0, 0.05) is 11.8 Å². The molecule has 0 aliphatic carbocycles. The molecule has 2 aromatic carbocycles. The van der Waals surface area contributed by atoms with Crippen molar-refractivity contribution in [2.75, 3.05) is 7.11 Å². The summed E-state index contributed by atoms with van der Waals surface area (Å²) in [5, 5.41) is 8.96. The minimum Gasteiger partial charge on any atom is -0.496 e. The fourth-order valence-corrected chi connectivity index (χ4v) is 2.46. The smallest absolute Gasteiger partial charge is 0.128 e. The number of ether oxygens (including phenoxy) is 1. The van der Waals surface area contributed by atoms with Crippen LogP contribution < -0.4 is 4.74 Å². The monoisotopic (exact) mass is 312 g/mol. The molecular formula is C21H16N2O. The minimum atomic E-state index is 0.654. The summed E-state index contributed by atoms with van der Waals surface area (Å²) in [6.07, 6.45) is 5.78. The molecule has 3 heteroatoms. The lowest BCUT2D eigenvalue weighted by Gasteiger charge is -2.07. The van der Waals surface area contributed by atoms with Gasteiger partial charge >= 0.3 is 0 Å². The van der Waals surface area contributed by atoms with Crippen molar-refractivity contribution in [2.45, 2.75) is 0 Å². The lowest BCUT2D eigenvalue weighted by atomic mass is 10.1. The zero-order valence-corrected chi connectivity index (χ0v) is 13.3. The molecule has 0 atom stereocenters. The summed E-state index contributed by atoms with van der Waals surface area (Å²) in [5.41, 5.74) is 4.50. The third-order valence-electron chi connectivity index (χ3n) is 3.65. The minimum absolute atomic E-state index is 0.654. The summed E-state index contributed by atoms with van der Waals surface area (Å²) in [5.74, 6) is 0.799. The van der Waals surface area contributed by atoms with Gasteiger partial charge in [0.15, 0.2) is 0 Å². The van der Waals surface area contributed by atoms with Gasteiger partial charge in [-0.25, -0.2) is 0 Å². The number of hydrogen-bond donors (Lipinski definition) is 0. The van der Waals surface area contributed by atoms with E-state index in [1.54, 1.807) is 19.4 Å². The maximum absolute atomic E-state index is 8.96. The highest BCUT2D eigenvalue weighted by Crippen LogP contribution is 2.28. The highest BCUT2D eigenvalue weighted by Gasteiger charge is 2.06. The van der Waals surface area contributed by atoms with Crippen molar-refractivity contribution in [3.8, 4) is 23.1 Å². The van der Waals surface area contributed by atoms with Crippen LogP contribution in [0.5, 0.6) is 5.75 Å². The van der Waals surface area contributed by atoms with E-state index in [4.69, 9.17) is 10.00 Å². The molecule has 0 radical (unpaired) electrons. The van der Waals surface area contributed by atoms with Crippen LogP contribution in [0.25, 0.3) is 23.4 Å². The first-order valence-electron chi connectivity index (χ1n) is 7.58. The molecular weight excluding hydrogens is 296 g/mol. The Kier molecular flexibility index (Phi) is 4.69. The van der Waals surface area contributed by atoms with Crippen molar-refractivity contribution in [3.63, 3.8) is 0 Å². The molecule has 0 aliphatic heterocycles. The SMILES string of the molecule is COc1ccccc1-c1cc(C=Cc2cccc(C#N)c2)ccn1. The van der Waals surface area contributed by atoms with Gasteiger partial charge in [-0.05, 0) is 47.5 Å². The van der Waals surface area contributed by atoms with E-state index in [1.807, 2.05) is 66.7 Å². The molecule has 0 bridgehead atoms. The fourth-order valence-electron chi connectivity index (χ4n) is 2.46. The Labute approximate surface area is 141 Å². The van der Waals surface area contributed by atoms with E-state index in [1.165, 1.54) is 0 Å². The number of pyridine rings is 1. The van der Waals surface area contributed by atoms with Gasteiger partial charge in [-0.15, -0.1) is 0 Å². The van der Waals surface area contributed by atoms with E-state index in [-0.39, 0.29) is 0 Å². The van der Waals surface area contributed by atoms with Crippen LogP contribution in [0.15, 0.2) is 66.9 Å². The van der Waals surface area contributed by atoms with Gasteiger partial charge in [0.25, 0.3) is 0 Å². The third kappa shape index (κ3) is 3.50. The number of nitrogens with zero attached hydrogens (tertiary/aromatic N) is 2. The van der Waals surface area contributed by atoms with Crippen LogP contribution in [0, 0.1) is 11.3 Å². The number of rotatable bonds is 4. The van der Waals surface area contributed by atoms with Crippen molar-refractivity contribution >= 4 is 12.2 Å². The summed E-state index contributed by atoms with van der Waals surface area (Å²) >= 11 is 0. The Morgan fingerprint density at radius 1 is 0.958 bits per heavy atom. The number of para-hydroxylation sites is 1. The largest absolute Gasteiger partial charge is 0.496 e. The molecule has 0 saturated carbocycles. The first kappa shape index (κ1) is 15.5. The molecule has 116 valence electrons. The number of aromatic nitrogens is 1. The molecule has 3 nitrogen and oxygen atoms in total. The van der Waals surface area contributed by atoms with Crippen LogP contribution >= 0.6 is 0 Å². The molecule has 0 fully saturated rings. The van der Waals surface area contributed by atoms with Gasteiger partial charge in [0.1, 0.15) is 5.75 Å². The molecule has 3 rings (SSSR count). The molecule has 0 spiro atoms. The van der Waals surface area contributed by atoms with Gasteiger partial charge < -0.3 is 4.74 Å². The van der Waals surface area contributed by atoms with Gasteiger partial charge in [-0.2, -0.15) is 5.26 Å². The standard InChI is InChI=1S/C21H16N2O/c1-24-21-8-3-2-7-19(21)20-14-17(11-12-23-20)10-9-16-5-4-6-18(13-16)15-22/h2-14H,1H3. The zero-order chi connectivity index (χ0) is 16.8. The summed E-state index contributed by atoms with van der Waals surface area (Å²) in [6, 6.07) is 21.4. The Bertz CT molecular complexity index is 923. The van der Waals surface area contributed by atoms with Crippen LogP contribution in [0.3, 0.4) is 0 Å². The maximum atomic E-state index is 8.96. The molecule has 1 aromatic heterocycles. The quantitative estimate of drug-likeness (QED) is 0.695. The normalized spacial score (nSPS) is 10.5. The van der Waals surface area contributed by atoms with E-state index in [0.717, 1.165) is 28.1 Å². The fraction of sp³-hybridized carbons (Fsp3) is 0.0476. The molecule has 0 unspecified atom stereocenters. The van der Waals surface area contributed by atoms with Crippen LogP contribution in [-0.2, 0) is 0 Å². The van der Waals surface area contributed by atoms with Crippen molar-refractivity contribution in [2.24, 2.45) is 0 Å². The summed E-state index contributed by atoms with van der Waals surface area (Å²) in [6.45, 7) is 0. The van der Waals surface area contributed by atoms with E-state index < -0.39 is 0 Å². The van der Waals surface area contributed by atoms with Crippen LogP contribution in [0.1, 0.15) is 16.7 Å². The van der Waals surface area contributed by atoms with Crippen LogP contribution in [0.2, 0.25) is 0 Å². The number of hydrogen-bond acceptors (Lipinski definition) is 3. The van der Waals surface area contributed by atoms with E-state index in [9.17, 15) is 0 Å². The summed E-state index contributed by atoms with van der Waals surface area (Å²) in [7, 11) is 1.66. The summed E-state index contributed by atoms with van der Waals surface area (Å²) in [4.78, 5) is 4.44. The first-order valence-corrected chi connectivity index (χ1v) is 7.58. The predicted octanol–water partition coefficient (Wildman–Crippen LogP) is 4.80. The second-order valence-electron chi connectivity index (χ2n) is 5.25. The van der Waals surface area contributed by atoms with Crippen LogP contribution in [0.4, 0.5) is 0 Å². The van der Waals surface area contributed by atoms with E-state index >= 15 is 0 Å². The number of benzene rings is 2. The molecule has 24 heavy (non-hydrogen) atoms. The Morgan fingerprint density at radius 2 is 1.75 bits per heavy atom. The molecule has 0 saturated heterocycles.